The standard InChI is InChI=1S/C15H15Cl2NO/c1-2-19-15-11(8-12(16)9-14(15)17)10-18-13-6-4-3-5-7-13/h3-9,18H,2,10H2,1H3. The quantitative estimate of drug-likeness (QED) is 0.838. The van der Waals surface area contributed by atoms with Crippen LogP contribution >= 0.6 is 23.2 Å². The molecule has 19 heavy (non-hydrogen) atoms. The van der Waals surface area contributed by atoms with Crippen LogP contribution in [0.4, 0.5) is 5.69 Å². The zero-order valence-corrected chi connectivity index (χ0v) is 12.1. The van der Waals surface area contributed by atoms with Gasteiger partial charge in [0.2, 0.25) is 0 Å². The Balaban J connectivity index is 2.19. The molecule has 0 aliphatic carbocycles. The lowest BCUT2D eigenvalue weighted by Gasteiger charge is -2.14. The van der Waals surface area contributed by atoms with Crippen molar-refractivity contribution in [3.8, 4) is 5.75 Å². The summed E-state index contributed by atoms with van der Waals surface area (Å²) < 4.78 is 5.58. The Morgan fingerprint density at radius 1 is 1.11 bits per heavy atom. The van der Waals surface area contributed by atoms with Gasteiger partial charge in [-0.2, -0.15) is 0 Å². The zero-order chi connectivity index (χ0) is 13.7. The molecule has 2 aromatic carbocycles. The topological polar surface area (TPSA) is 21.3 Å². The van der Waals surface area contributed by atoms with Crippen LogP contribution < -0.4 is 10.1 Å². The van der Waals surface area contributed by atoms with Crippen molar-refractivity contribution < 1.29 is 4.74 Å². The number of nitrogens with one attached hydrogen (secondary N) is 1. The molecule has 2 nitrogen and oxygen atoms in total. The van der Waals surface area contributed by atoms with Gasteiger partial charge in [0.1, 0.15) is 5.75 Å². The van der Waals surface area contributed by atoms with Crippen molar-refractivity contribution in [3.05, 3.63) is 58.1 Å². The summed E-state index contributed by atoms with van der Waals surface area (Å²) in [6.07, 6.45) is 0. The van der Waals surface area contributed by atoms with E-state index in [1.807, 2.05) is 43.3 Å². The third-order valence-corrected chi connectivity index (χ3v) is 3.13. The Morgan fingerprint density at radius 3 is 2.53 bits per heavy atom. The van der Waals surface area contributed by atoms with Crippen molar-refractivity contribution in [3.63, 3.8) is 0 Å². The largest absolute Gasteiger partial charge is 0.492 e. The van der Waals surface area contributed by atoms with E-state index in [1.54, 1.807) is 6.07 Å². The van der Waals surface area contributed by atoms with Gasteiger partial charge in [-0.25, -0.2) is 0 Å². The van der Waals surface area contributed by atoms with Gasteiger partial charge in [0.05, 0.1) is 11.6 Å². The van der Waals surface area contributed by atoms with Gasteiger partial charge in [0, 0.05) is 22.8 Å². The van der Waals surface area contributed by atoms with Gasteiger partial charge >= 0.3 is 0 Å². The van der Waals surface area contributed by atoms with Crippen molar-refractivity contribution >= 4 is 28.9 Å². The first kappa shape index (κ1) is 14.0. The number of ether oxygens (including phenoxy) is 1. The highest BCUT2D eigenvalue weighted by Crippen LogP contribution is 2.33. The third-order valence-electron chi connectivity index (χ3n) is 2.63. The second kappa shape index (κ2) is 6.69. The summed E-state index contributed by atoms with van der Waals surface area (Å²) in [6.45, 7) is 3.11. The summed E-state index contributed by atoms with van der Waals surface area (Å²) in [4.78, 5) is 0. The minimum absolute atomic E-state index is 0.541. The van der Waals surface area contributed by atoms with E-state index >= 15 is 0 Å². The molecule has 0 heterocycles. The van der Waals surface area contributed by atoms with E-state index in [9.17, 15) is 0 Å². The van der Waals surface area contributed by atoms with Crippen LogP contribution in [0.3, 0.4) is 0 Å². The van der Waals surface area contributed by atoms with Crippen LogP contribution in [0, 0.1) is 0 Å². The van der Waals surface area contributed by atoms with Crippen LogP contribution in [-0.4, -0.2) is 6.61 Å². The molecule has 0 fully saturated rings. The number of para-hydroxylation sites is 1. The van der Waals surface area contributed by atoms with E-state index in [2.05, 4.69) is 5.32 Å². The maximum atomic E-state index is 6.16. The SMILES string of the molecule is CCOc1c(Cl)cc(Cl)cc1CNc1ccccc1. The fourth-order valence-electron chi connectivity index (χ4n) is 1.80. The van der Waals surface area contributed by atoms with Crippen molar-refractivity contribution in [1.82, 2.24) is 0 Å². The summed E-state index contributed by atoms with van der Waals surface area (Å²) >= 11 is 12.2. The Bertz CT molecular complexity index is 543. The minimum Gasteiger partial charge on any atom is -0.492 e. The summed E-state index contributed by atoms with van der Waals surface area (Å²) in [5.74, 6) is 0.692. The predicted molar refractivity (Wildman–Crippen MR) is 81.4 cm³/mol. The smallest absolute Gasteiger partial charge is 0.142 e. The van der Waals surface area contributed by atoms with E-state index in [0.29, 0.717) is 28.9 Å². The number of rotatable bonds is 5. The van der Waals surface area contributed by atoms with Crippen molar-refractivity contribution in [2.24, 2.45) is 0 Å². The third kappa shape index (κ3) is 3.79. The molecule has 0 aliphatic rings. The molecule has 0 saturated carbocycles. The van der Waals surface area contributed by atoms with Crippen LogP contribution in [0.25, 0.3) is 0 Å². The van der Waals surface area contributed by atoms with Crippen molar-refractivity contribution in [2.45, 2.75) is 13.5 Å². The monoisotopic (exact) mass is 295 g/mol. The van der Waals surface area contributed by atoms with Crippen LogP contribution in [0.1, 0.15) is 12.5 Å². The van der Waals surface area contributed by atoms with Crippen molar-refractivity contribution in [1.29, 1.82) is 0 Å². The number of benzene rings is 2. The molecule has 0 atom stereocenters. The number of anilines is 1. The van der Waals surface area contributed by atoms with Crippen LogP contribution in [0.15, 0.2) is 42.5 Å². The maximum absolute atomic E-state index is 6.16. The lowest BCUT2D eigenvalue weighted by Crippen LogP contribution is -2.03. The normalized spacial score (nSPS) is 10.3. The molecule has 0 amide bonds. The molecule has 0 spiro atoms. The fraction of sp³-hybridized carbons (Fsp3) is 0.200. The Hall–Kier alpha value is -1.38. The highest BCUT2D eigenvalue weighted by Gasteiger charge is 2.10. The summed E-state index contributed by atoms with van der Waals surface area (Å²) in [6, 6.07) is 13.5. The summed E-state index contributed by atoms with van der Waals surface area (Å²) in [5, 5.41) is 4.47. The summed E-state index contributed by atoms with van der Waals surface area (Å²) in [7, 11) is 0. The average Bonchev–Trinajstić information content (AvgIpc) is 2.41. The molecule has 2 rings (SSSR count). The maximum Gasteiger partial charge on any atom is 0.142 e. The molecule has 4 heteroatoms. The highest BCUT2D eigenvalue weighted by molar-refractivity contribution is 6.35. The Kier molecular flexibility index (Phi) is 4.94. The molecule has 0 radical (unpaired) electrons. The lowest BCUT2D eigenvalue weighted by atomic mass is 10.2. The fourth-order valence-corrected chi connectivity index (χ4v) is 2.39. The van der Waals surface area contributed by atoms with E-state index < -0.39 is 0 Å². The minimum atomic E-state index is 0.541. The average molecular weight is 296 g/mol. The van der Waals surface area contributed by atoms with Gasteiger partial charge in [0.25, 0.3) is 0 Å². The van der Waals surface area contributed by atoms with Gasteiger partial charge in [-0.3, -0.25) is 0 Å². The van der Waals surface area contributed by atoms with Gasteiger partial charge < -0.3 is 10.1 Å². The molecule has 0 aliphatic heterocycles. The van der Waals surface area contributed by atoms with Gasteiger partial charge in [-0.1, -0.05) is 41.4 Å². The van der Waals surface area contributed by atoms with Gasteiger partial charge in [-0.05, 0) is 31.2 Å². The molecular formula is C15H15Cl2NO. The Morgan fingerprint density at radius 2 is 1.84 bits per heavy atom. The van der Waals surface area contributed by atoms with E-state index in [4.69, 9.17) is 27.9 Å². The van der Waals surface area contributed by atoms with E-state index in [1.165, 1.54) is 0 Å². The zero-order valence-electron chi connectivity index (χ0n) is 10.6. The molecule has 0 aromatic heterocycles. The molecular weight excluding hydrogens is 281 g/mol. The second-order valence-corrected chi connectivity index (χ2v) is 4.87. The molecule has 0 bridgehead atoms. The molecule has 100 valence electrons. The first-order valence-electron chi connectivity index (χ1n) is 6.10. The number of halogens is 2. The van der Waals surface area contributed by atoms with E-state index in [0.717, 1.165) is 11.3 Å². The number of hydrogen-bond acceptors (Lipinski definition) is 2. The van der Waals surface area contributed by atoms with Crippen LogP contribution in [0.5, 0.6) is 5.75 Å². The lowest BCUT2D eigenvalue weighted by molar-refractivity contribution is 0.337. The first-order valence-corrected chi connectivity index (χ1v) is 6.86. The summed E-state index contributed by atoms with van der Waals surface area (Å²) in [5.41, 5.74) is 1.99. The van der Waals surface area contributed by atoms with Crippen LogP contribution in [-0.2, 0) is 6.54 Å². The van der Waals surface area contributed by atoms with Gasteiger partial charge in [0.15, 0.2) is 0 Å². The predicted octanol–water partition coefficient (Wildman–Crippen LogP) is 5.00. The van der Waals surface area contributed by atoms with Crippen LogP contribution in [0.2, 0.25) is 10.0 Å². The molecule has 0 saturated heterocycles. The Labute approximate surface area is 123 Å². The number of hydrogen-bond donors (Lipinski definition) is 1. The molecule has 2 aromatic rings. The molecule has 0 unspecified atom stereocenters. The highest BCUT2D eigenvalue weighted by atomic mass is 35.5. The van der Waals surface area contributed by atoms with E-state index in [-0.39, 0.29) is 0 Å². The first-order chi connectivity index (χ1) is 9.20. The second-order valence-electron chi connectivity index (χ2n) is 4.03. The molecule has 1 N–H and O–H groups in total. The van der Waals surface area contributed by atoms with Crippen molar-refractivity contribution in [2.75, 3.05) is 11.9 Å². The van der Waals surface area contributed by atoms with Gasteiger partial charge in [-0.15, -0.1) is 0 Å².